The molecule has 1 N–H and O–H groups in total. The van der Waals surface area contributed by atoms with Crippen LogP contribution in [0.2, 0.25) is 0 Å². The predicted octanol–water partition coefficient (Wildman–Crippen LogP) is 2.65. The van der Waals surface area contributed by atoms with Crippen molar-refractivity contribution in [2.45, 2.75) is 13.8 Å². The fraction of sp³-hybridized carbons (Fsp3) is 0.250. The van der Waals surface area contributed by atoms with E-state index in [2.05, 4.69) is 4.98 Å². The third-order valence-corrected chi connectivity index (χ3v) is 2.44. The van der Waals surface area contributed by atoms with Gasteiger partial charge in [0.05, 0.1) is 17.7 Å². The van der Waals surface area contributed by atoms with Crippen LogP contribution in [-0.4, -0.2) is 17.6 Å². The van der Waals surface area contributed by atoms with Crippen LogP contribution in [0.5, 0.6) is 0 Å². The van der Waals surface area contributed by atoms with Crippen LogP contribution in [-0.2, 0) is 4.74 Å². The van der Waals surface area contributed by atoms with Gasteiger partial charge in [-0.3, -0.25) is 0 Å². The quantitative estimate of drug-likeness (QED) is 0.762. The molecule has 0 saturated carbocycles. The molecule has 0 unspecified atom stereocenters. The Morgan fingerprint density at radius 1 is 1.40 bits per heavy atom. The Labute approximate surface area is 88.1 Å². The number of hydrogen-bond donors (Lipinski definition) is 1. The lowest BCUT2D eigenvalue weighted by Crippen LogP contribution is -2.05. The predicted molar refractivity (Wildman–Crippen MR) is 59.0 cm³/mol. The van der Waals surface area contributed by atoms with E-state index in [9.17, 15) is 4.79 Å². The number of carbonyl (C=O) groups is 1. The second-order valence-electron chi connectivity index (χ2n) is 3.42. The van der Waals surface area contributed by atoms with Gasteiger partial charge in [-0.25, -0.2) is 4.79 Å². The zero-order valence-electron chi connectivity index (χ0n) is 8.83. The Bertz CT molecular complexity index is 499. The zero-order chi connectivity index (χ0) is 10.8. The van der Waals surface area contributed by atoms with Gasteiger partial charge < -0.3 is 9.72 Å². The van der Waals surface area contributed by atoms with Gasteiger partial charge in [0.1, 0.15) is 0 Å². The van der Waals surface area contributed by atoms with E-state index >= 15 is 0 Å². The minimum atomic E-state index is -0.273. The Hall–Kier alpha value is -1.77. The number of fused-ring (bicyclic) bond motifs is 1. The summed E-state index contributed by atoms with van der Waals surface area (Å²) in [5, 5.41) is 1.07. The monoisotopic (exact) mass is 203 g/mol. The molecule has 0 spiro atoms. The molecule has 15 heavy (non-hydrogen) atoms. The van der Waals surface area contributed by atoms with Crippen LogP contribution in [0.1, 0.15) is 22.8 Å². The molecule has 78 valence electrons. The highest BCUT2D eigenvalue weighted by Gasteiger charge is 2.12. The van der Waals surface area contributed by atoms with Gasteiger partial charge in [0.25, 0.3) is 0 Å². The number of aromatic nitrogens is 1. The molecule has 1 heterocycles. The van der Waals surface area contributed by atoms with E-state index in [1.54, 1.807) is 13.0 Å². The molecule has 0 radical (unpaired) electrons. The van der Waals surface area contributed by atoms with E-state index in [-0.39, 0.29) is 5.97 Å². The highest BCUT2D eigenvalue weighted by molar-refractivity contribution is 6.03. The fourth-order valence-electron chi connectivity index (χ4n) is 1.68. The number of hydrogen-bond acceptors (Lipinski definition) is 2. The molecule has 0 aliphatic rings. The number of ether oxygens (including phenoxy) is 1. The van der Waals surface area contributed by atoms with E-state index in [0.717, 1.165) is 16.5 Å². The molecule has 0 bridgehead atoms. The minimum absolute atomic E-state index is 0.273. The maximum atomic E-state index is 11.6. The average molecular weight is 203 g/mol. The number of esters is 1. The lowest BCUT2D eigenvalue weighted by atomic mass is 10.1. The van der Waals surface area contributed by atoms with Crippen LogP contribution in [0.15, 0.2) is 24.4 Å². The summed E-state index contributed by atoms with van der Waals surface area (Å²) in [6.07, 6.45) is 1.83. The second kappa shape index (κ2) is 3.77. The van der Waals surface area contributed by atoms with Crippen LogP contribution >= 0.6 is 0 Å². The second-order valence-corrected chi connectivity index (χ2v) is 3.42. The van der Waals surface area contributed by atoms with Crippen LogP contribution in [0.3, 0.4) is 0 Å². The van der Waals surface area contributed by atoms with Crippen LogP contribution in [0, 0.1) is 6.92 Å². The molecule has 0 amide bonds. The highest BCUT2D eigenvalue weighted by Crippen LogP contribution is 2.21. The molecule has 1 aromatic heterocycles. The molecule has 2 rings (SSSR count). The summed E-state index contributed by atoms with van der Waals surface area (Å²) < 4.78 is 4.99. The van der Waals surface area contributed by atoms with E-state index in [0.29, 0.717) is 12.2 Å². The van der Waals surface area contributed by atoms with Gasteiger partial charge in [-0.2, -0.15) is 0 Å². The number of benzene rings is 1. The maximum Gasteiger partial charge on any atom is 0.340 e. The first kappa shape index (κ1) is 9.77. The first-order valence-electron chi connectivity index (χ1n) is 4.98. The lowest BCUT2D eigenvalue weighted by Gasteiger charge is -2.04. The van der Waals surface area contributed by atoms with Gasteiger partial charge in [-0.15, -0.1) is 0 Å². The number of aryl methyl sites for hydroxylation is 1. The highest BCUT2D eigenvalue weighted by atomic mass is 16.5. The van der Waals surface area contributed by atoms with Crippen LogP contribution < -0.4 is 0 Å². The number of rotatable bonds is 2. The van der Waals surface area contributed by atoms with E-state index in [1.165, 1.54) is 0 Å². The maximum absolute atomic E-state index is 11.6. The van der Waals surface area contributed by atoms with Gasteiger partial charge in [-0.05, 0) is 31.5 Å². The average Bonchev–Trinajstić information content (AvgIpc) is 2.68. The number of aromatic amines is 1. The van der Waals surface area contributed by atoms with Crippen molar-refractivity contribution >= 4 is 16.9 Å². The van der Waals surface area contributed by atoms with Crippen molar-refractivity contribution < 1.29 is 9.53 Å². The van der Waals surface area contributed by atoms with Gasteiger partial charge in [0, 0.05) is 11.6 Å². The third-order valence-electron chi connectivity index (χ3n) is 2.44. The fourth-order valence-corrected chi connectivity index (χ4v) is 1.68. The summed E-state index contributed by atoms with van der Waals surface area (Å²) in [4.78, 5) is 14.7. The SMILES string of the molecule is CCOC(=O)c1ccc(C)c2cc[nH]c12. The first-order chi connectivity index (χ1) is 7.24. The molecule has 3 nitrogen and oxygen atoms in total. The summed E-state index contributed by atoms with van der Waals surface area (Å²) >= 11 is 0. The van der Waals surface area contributed by atoms with Gasteiger partial charge >= 0.3 is 5.97 Å². The van der Waals surface area contributed by atoms with Crippen molar-refractivity contribution in [2.75, 3.05) is 6.61 Å². The van der Waals surface area contributed by atoms with Crippen molar-refractivity contribution in [3.63, 3.8) is 0 Å². The molecule has 0 atom stereocenters. The zero-order valence-corrected chi connectivity index (χ0v) is 8.83. The topological polar surface area (TPSA) is 42.1 Å². The number of carbonyl (C=O) groups excluding carboxylic acids is 1. The minimum Gasteiger partial charge on any atom is -0.462 e. The summed E-state index contributed by atoms with van der Waals surface area (Å²) in [5.41, 5.74) is 2.61. The van der Waals surface area contributed by atoms with Crippen LogP contribution in [0.4, 0.5) is 0 Å². The molecule has 0 aliphatic heterocycles. The Morgan fingerprint density at radius 3 is 2.93 bits per heavy atom. The molecule has 0 aliphatic carbocycles. The Balaban J connectivity index is 2.57. The number of nitrogens with one attached hydrogen (secondary N) is 1. The van der Waals surface area contributed by atoms with Crippen molar-refractivity contribution in [2.24, 2.45) is 0 Å². The molecule has 0 fully saturated rings. The molecule has 0 saturated heterocycles. The molecular weight excluding hydrogens is 190 g/mol. The van der Waals surface area contributed by atoms with E-state index < -0.39 is 0 Å². The van der Waals surface area contributed by atoms with E-state index in [4.69, 9.17) is 4.74 Å². The molecular formula is C12H13NO2. The standard InChI is InChI=1S/C12H13NO2/c1-3-15-12(14)10-5-4-8(2)9-6-7-13-11(9)10/h4-7,13H,3H2,1-2H3. The normalized spacial score (nSPS) is 10.5. The Morgan fingerprint density at radius 2 is 2.20 bits per heavy atom. The van der Waals surface area contributed by atoms with Crippen molar-refractivity contribution in [1.29, 1.82) is 0 Å². The molecule has 1 aromatic carbocycles. The summed E-state index contributed by atoms with van der Waals surface area (Å²) in [7, 11) is 0. The molecule has 3 heteroatoms. The van der Waals surface area contributed by atoms with Crippen molar-refractivity contribution in [3.05, 3.63) is 35.5 Å². The largest absolute Gasteiger partial charge is 0.462 e. The van der Waals surface area contributed by atoms with Crippen molar-refractivity contribution in [1.82, 2.24) is 4.98 Å². The van der Waals surface area contributed by atoms with Gasteiger partial charge in [-0.1, -0.05) is 6.07 Å². The van der Waals surface area contributed by atoms with Crippen molar-refractivity contribution in [3.8, 4) is 0 Å². The number of H-pyrrole nitrogens is 1. The summed E-state index contributed by atoms with van der Waals surface area (Å²) in [5.74, 6) is -0.273. The molecule has 2 aromatic rings. The van der Waals surface area contributed by atoms with Gasteiger partial charge in [0.2, 0.25) is 0 Å². The lowest BCUT2D eigenvalue weighted by molar-refractivity contribution is 0.0528. The smallest absolute Gasteiger partial charge is 0.340 e. The first-order valence-corrected chi connectivity index (χ1v) is 4.98. The third kappa shape index (κ3) is 1.61. The summed E-state index contributed by atoms with van der Waals surface area (Å²) in [6, 6.07) is 5.70. The van der Waals surface area contributed by atoms with E-state index in [1.807, 2.05) is 25.3 Å². The Kier molecular flexibility index (Phi) is 2.46. The van der Waals surface area contributed by atoms with Gasteiger partial charge in [0.15, 0.2) is 0 Å². The van der Waals surface area contributed by atoms with Crippen LogP contribution in [0.25, 0.3) is 10.9 Å². The summed E-state index contributed by atoms with van der Waals surface area (Å²) in [6.45, 7) is 4.22.